The quantitative estimate of drug-likeness (QED) is 0.0221. The molecule has 5 aliphatic rings. The molecule has 1 unspecified atom stereocenters. The minimum Gasteiger partial charge on any atom is -0.753 e. The molecule has 7 heterocycles. The molecule has 0 bridgehead atoms. The molecule has 3 aliphatic heterocycles. The van der Waals surface area contributed by atoms with Gasteiger partial charge in [-0.2, -0.15) is 10.3 Å². The number of carbonyl (C=O) groups is 4. The van der Waals surface area contributed by atoms with E-state index in [4.69, 9.17) is 45.2 Å². The Hall–Kier alpha value is -16.0. The number of rotatable bonds is 12. The van der Waals surface area contributed by atoms with Crippen LogP contribution in [-0.4, -0.2) is 87.7 Å². The summed E-state index contributed by atoms with van der Waals surface area (Å²) in [7, 11) is 0. The zero-order chi connectivity index (χ0) is 81.9. The number of pyridine rings is 4. The van der Waals surface area contributed by atoms with Crippen molar-refractivity contribution in [3.8, 4) is 158 Å². The third-order valence-corrected chi connectivity index (χ3v) is 19.4. The van der Waals surface area contributed by atoms with E-state index in [0.29, 0.717) is 45.2 Å². The Morgan fingerprint density at radius 1 is 0.530 bits per heavy atom. The van der Waals surface area contributed by atoms with Crippen LogP contribution in [0.15, 0.2) is 224 Å². The van der Waals surface area contributed by atoms with Crippen LogP contribution in [0.1, 0.15) is 110 Å². The number of carboxylic acid groups (broad SMARTS) is 4. The van der Waals surface area contributed by atoms with E-state index in [2.05, 4.69) is 192 Å². The third kappa shape index (κ3) is 17.3. The van der Waals surface area contributed by atoms with Crippen molar-refractivity contribution >= 4 is 76.2 Å². The van der Waals surface area contributed by atoms with Crippen LogP contribution in [0.25, 0.3) is 83.7 Å². The zero-order valence-electron chi connectivity index (χ0n) is 61.1. The number of isothiocyanates is 2. The number of aromatic nitrogens is 4. The van der Waals surface area contributed by atoms with Crippen molar-refractivity contribution in [3.05, 3.63) is 324 Å². The predicted molar refractivity (Wildman–Crippen MR) is 449 cm³/mol. The summed E-state index contributed by atoms with van der Waals surface area (Å²) >= 11 is 7.40. The number of allylic oxidation sites excluding steroid dienone is 5. The van der Waals surface area contributed by atoms with E-state index in [1.807, 2.05) is 84.9 Å². The monoisotopic (exact) mass is 1640 g/mol. The van der Waals surface area contributed by atoms with Crippen LogP contribution in [0.3, 0.4) is 0 Å². The van der Waals surface area contributed by atoms with E-state index in [9.17, 15) is 34.7 Å². The third-order valence-electron chi connectivity index (χ3n) is 19.4. The molecule has 0 amide bonds. The normalized spacial score (nSPS) is 13.9. The van der Waals surface area contributed by atoms with E-state index in [1.54, 1.807) is 12.2 Å². The van der Waals surface area contributed by atoms with Crippen molar-refractivity contribution in [1.82, 2.24) is 19.9 Å². The fourth-order valence-corrected chi connectivity index (χ4v) is 14.7. The molecule has 556 valence electrons. The molecule has 0 saturated carbocycles. The Morgan fingerprint density at radius 3 is 1.49 bits per heavy atom. The maximum absolute atomic E-state index is 13.2. The minimum atomic E-state index is -1.26. The molecule has 1 atom stereocenters. The standard InChI is InChI=1S/C82H45N5O5.C12H8N2O4.2CNS.Ru/c1-4-6-8-10-12-18-39-81(40-19-13-11-9-7-5-2)70-26-16-14-24-64(70)66-50-73-67(49-72(66)81)65-25-15-17-27-71(65)82(73,61-33-29-55(30-34-61)69-53-86-75(51-68(69)80(90)91)74-47-59(79(88)89)38-41-85-74)62-35-31-56(32-36-62)77-48-60(76(52-83)84-3)46-63(92-77)37-28-54-44-57-22-20-42-87-43-21-23-58(45-54)78(57)87;15-11(16)7-1-3-13-9(5-7)10-6-8(12(17)18)2-4-14-10;2*2-1-3;/h1-2,14-17,24-38,41,44-51,53H,20-23,42-43H2,(H,88,89)(H,90,91);1-6H,(H,15,16)(H,17,18);;;/q;;2*-1;+2/b37-28+,76-60-;;;;. The van der Waals surface area contributed by atoms with Gasteiger partial charge in [-0.3, -0.25) is 19.9 Å². The number of hydrogen-bond donors (Lipinski definition) is 4. The number of benzene rings is 6. The average Bonchev–Trinajstić information content (AvgIpc) is 1.52. The second kappa shape index (κ2) is 37.4. The van der Waals surface area contributed by atoms with Gasteiger partial charge in [-0.25, -0.2) is 29.3 Å². The number of ether oxygens (including phenoxy) is 1. The maximum Gasteiger partial charge on any atom is 2.00 e. The van der Waals surface area contributed by atoms with Crippen molar-refractivity contribution in [3.63, 3.8) is 0 Å². The van der Waals surface area contributed by atoms with Gasteiger partial charge in [-0.15, -0.1) is 12.8 Å². The molecule has 0 saturated heterocycles. The molecule has 0 radical (unpaired) electrons. The summed E-state index contributed by atoms with van der Waals surface area (Å²) < 4.78 is 6.72. The van der Waals surface area contributed by atoms with Crippen molar-refractivity contribution in [1.29, 1.82) is 5.26 Å². The zero-order valence-corrected chi connectivity index (χ0v) is 64.5. The minimum absolute atomic E-state index is 0. The van der Waals surface area contributed by atoms with E-state index in [1.165, 1.54) is 94.4 Å². The second-order valence-corrected chi connectivity index (χ2v) is 26.1. The first-order chi connectivity index (χ1) is 56.5. The summed E-state index contributed by atoms with van der Waals surface area (Å²) in [6.07, 6.45) is 27.9. The molecule has 0 spiro atoms. The summed E-state index contributed by atoms with van der Waals surface area (Å²) in [6, 6.07) is 52.6. The topological polar surface area (TPSA) is 286 Å². The fourth-order valence-electron chi connectivity index (χ4n) is 14.7. The van der Waals surface area contributed by atoms with Gasteiger partial charge in [-0.05, 0) is 265 Å². The molecule has 10 aromatic rings. The number of nitrogens with zero attached hydrogens (tertiary/aromatic N) is 9. The number of thiocarbonyl (C=S) groups is 2. The molecule has 4 N–H and O–H groups in total. The summed E-state index contributed by atoms with van der Waals surface area (Å²) in [6.45, 7) is 10.1. The van der Waals surface area contributed by atoms with Gasteiger partial charge >= 0.3 is 43.4 Å². The molecule has 21 heteroatoms. The van der Waals surface area contributed by atoms with Crippen LogP contribution < -0.4 is 4.90 Å². The maximum atomic E-state index is 13.2. The van der Waals surface area contributed by atoms with Crippen LogP contribution >= 0.6 is 24.4 Å². The van der Waals surface area contributed by atoms with Gasteiger partial charge in [0.1, 0.15) is 16.9 Å². The molecule has 0 fully saturated rings. The molecule has 117 heavy (non-hydrogen) atoms. The van der Waals surface area contributed by atoms with E-state index < -0.39 is 34.7 Å². The average molecular weight is 1640 g/mol. The molecule has 18 nitrogen and oxygen atoms in total. The van der Waals surface area contributed by atoms with E-state index in [0.717, 1.165) is 100.0 Å². The van der Waals surface area contributed by atoms with Crippen LogP contribution in [0, 0.1) is 114 Å². The van der Waals surface area contributed by atoms with Gasteiger partial charge in [0.25, 0.3) is 5.70 Å². The Morgan fingerprint density at radius 2 is 0.991 bits per heavy atom. The first kappa shape index (κ1) is 82.0. The Balaban J connectivity index is 0.000000464. The van der Waals surface area contributed by atoms with Crippen molar-refractivity contribution < 1.29 is 63.8 Å². The summed E-state index contributed by atoms with van der Waals surface area (Å²) in [5, 5.41) is 65.3. The molecular weight excluding hydrogens is 1590 g/mol. The van der Waals surface area contributed by atoms with E-state index >= 15 is 0 Å². The van der Waals surface area contributed by atoms with Gasteiger partial charge in [0.15, 0.2) is 0 Å². The smallest absolute Gasteiger partial charge is 0.753 e. The van der Waals surface area contributed by atoms with Crippen molar-refractivity contribution in [2.45, 2.75) is 36.5 Å². The number of aromatic carboxylic acids is 4. The summed E-state index contributed by atoms with van der Waals surface area (Å²) in [4.78, 5) is 69.7. The number of nitriles is 1. The van der Waals surface area contributed by atoms with Crippen LogP contribution in [0.2, 0.25) is 0 Å². The predicted octanol–water partition coefficient (Wildman–Crippen LogP) is 16.3. The number of aryl methyl sites for hydroxylation is 2. The first-order valence-electron chi connectivity index (χ1n) is 35.1. The number of hydrogen-bond acceptors (Lipinski definition) is 13. The van der Waals surface area contributed by atoms with Crippen molar-refractivity contribution in [2.75, 3.05) is 18.0 Å². The Labute approximate surface area is 696 Å². The van der Waals surface area contributed by atoms with Crippen LogP contribution in [0.5, 0.6) is 0 Å². The number of carboxylic acids is 4. The van der Waals surface area contributed by atoms with E-state index in [-0.39, 0.29) is 58.8 Å². The molecule has 15 rings (SSSR count). The molecule has 2 aliphatic carbocycles. The van der Waals surface area contributed by atoms with Crippen molar-refractivity contribution in [2.24, 2.45) is 0 Å². The molecular formula is C96H53N9O9RuS2. The summed E-state index contributed by atoms with van der Waals surface area (Å²) in [5.41, 5.74) is 14.7. The molecule has 6 aromatic carbocycles. The van der Waals surface area contributed by atoms with Crippen LogP contribution in [0.4, 0.5) is 5.69 Å². The largest absolute Gasteiger partial charge is 2.00 e. The van der Waals surface area contributed by atoms with Gasteiger partial charge in [-0.1, -0.05) is 139 Å². The number of anilines is 1. The number of terminal acetylenes is 2. The Bertz CT molecular complexity index is 6460. The van der Waals surface area contributed by atoms with Gasteiger partial charge in [0, 0.05) is 54.7 Å². The second-order valence-electron chi connectivity index (χ2n) is 25.7. The van der Waals surface area contributed by atoms with Gasteiger partial charge < -0.3 is 40.9 Å². The number of fused-ring (bicyclic) bond motifs is 6. The Kier molecular flexibility index (Phi) is 26.2. The SMILES string of the molecule is O=C(O)c1ccnc(-c2cc(C(=O)O)ccn2)c1.[C-]#[N+]/C(C#N)=C1C=C(/C=C/c2cc3c4c(c2)CCCN4CCC3)OC(c2ccc(C3(c4ccc(-c5cnc(-c6cc(C(=O)O)ccn6)cc5C(=O)O)cc4)c4ccccc4-c4cc5c(cc43)-c3ccccc3C5(C#CC#CC#CC#C)C#CC#CC#CC#C)cc2)=C/1.[N-]=C=S.[N-]=C=S.[Ru+2]. The molecule has 4 aromatic heterocycles. The van der Waals surface area contributed by atoms with Gasteiger partial charge in [0.05, 0.1) is 63.1 Å². The summed E-state index contributed by atoms with van der Waals surface area (Å²) in [5.74, 6) is 35.4. The fraction of sp³-hybridized carbons (Fsp3) is 0.0833. The first-order valence-corrected chi connectivity index (χ1v) is 35.9. The van der Waals surface area contributed by atoms with Gasteiger partial charge in [0.2, 0.25) is 0 Å². The van der Waals surface area contributed by atoms with Crippen LogP contribution in [-0.2, 0) is 47.9 Å².